The van der Waals surface area contributed by atoms with Gasteiger partial charge in [-0.15, -0.1) is 0 Å². The molecule has 0 spiro atoms. The molecule has 0 aliphatic rings. The third-order valence-corrected chi connectivity index (χ3v) is 4.95. The second-order valence-corrected chi connectivity index (χ2v) is 6.79. The van der Waals surface area contributed by atoms with Crippen LogP contribution in [0.5, 0.6) is 17.2 Å². The van der Waals surface area contributed by atoms with Crippen LogP contribution in [0.3, 0.4) is 0 Å². The van der Waals surface area contributed by atoms with E-state index in [1.54, 1.807) is 21.3 Å². The fourth-order valence-electron chi connectivity index (χ4n) is 2.91. The smallest absolute Gasteiger partial charge is 0.141 e. The highest BCUT2D eigenvalue weighted by molar-refractivity contribution is 9.10. The molecule has 0 aromatic heterocycles. The zero-order chi connectivity index (χ0) is 19.2. The van der Waals surface area contributed by atoms with Crippen molar-refractivity contribution in [1.29, 1.82) is 0 Å². The summed E-state index contributed by atoms with van der Waals surface area (Å²) in [7, 11) is 4.97. The van der Waals surface area contributed by atoms with Crippen LogP contribution in [0.4, 0.5) is 5.69 Å². The molecule has 3 aromatic rings. The summed E-state index contributed by atoms with van der Waals surface area (Å²) >= 11 is 3.53. The Labute approximate surface area is 168 Å². The minimum Gasteiger partial charge on any atom is -0.496 e. The van der Waals surface area contributed by atoms with Gasteiger partial charge in [0.25, 0.3) is 0 Å². The Kier molecular flexibility index (Phi) is 6.24. The highest BCUT2D eigenvalue weighted by Gasteiger charge is 2.11. The maximum atomic E-state index is 5.52. The van der Waals surface area contributed by atoms with Crippen LogP contribution in [0.25, 0.3) is 11.1 Å². The van der Waals surface area contributed by atoms with Gasteiger partial charge in [0, 0.05) is 18.2 Å². The number of ether oxygens (including phenoxy) is 3. The van der Waals surface area contributed by atoms with E-state index in [-0.39, 0.29) is 0 Å². The molecule has 4 nitrogen and oxygen atoms in total. The minimum atomic E-state index is 0.584. The summed E-state index contributed by atoms with van der Waals surface area (Å²) in [6, 6.07) is 20.3. The third kappa shape index (κ3) is 4.37. The molecule has 0 aliphatic carbocycles. The number of halogens is 1. The van der Waals surface area contributed by atoms with Crippen LogP contribution in [0, 0.1) is 0 Å². The number of anilines is 1. The molecule has 3 aromatic carbocycles. The van der Waals surface area contributed by atoms with Crippen LogP contribution in [0.1, 0.15) is 5.56 Å². The lowest BCUT2D eigenvalue weighted by molar-refractivity contribution is 0.389. The van der Waals surface area contributed by atoms with Gasteiger partial charge in [0.2, 0.25) is 0 Å². The van der Waals surface area contributed by atoms with E-state index in [0.717, 1.165) is 44.1 Å². The van der Waals surface area contributed by atoms with Gasteiger partial charge in [-0.25, -0.2) is 0 Å². The first-order chi connectivity index (χ1) is 13.2. The molecular weight excluding hydrogens is 406 g/mol. The summed E-state index contributed by atoms with van der Waals surface area (Å²) in [5, 5.41) is 3.46. The zero-order valence-electron chi connectivity index (χ0n) is 15.6. The van der Waals surface area contributed by atoms with E-state index in [1.807, 2.05) is 36.4 Å². The van der Waals surface area contributed by atoms with Gasteiger partial charge in [0.1, 0.15) is 17.2 Å². The normalized spacial score (nSPS) is 10.4. The Balaban J connectivity index is 1.88. The van der Waals surface area contributed by atoms with Gasteiger partial charge in [-0.05, 0) is 45.3 Å². The first-order valence-corrected chi connectivity index (χ1v) is 9.33. The molecule has 0 unspecified atom stereocenters. The van der Waals surface area contributed by atoms with Crippen LogP contribution < -0.4 is 19.5 Å². The second kappa shape index (κ2) is 8.82. The van der Waals surface area contributed by atoms with Crippen LogP contribution >= 0.6 is 15.9 Å². The van der Waals surface area contributed by atoms with Crippen molar-refractivity contribution < 1.29 is 14.2 Å². The first-order valence-electron chi connectivity index (χ1n) is 8.54. The molecule has 0 saturated heterocycles. The quantitative estimate of drug-likeness (QED) is 0.520. The van der Waals surface area contributed by atoms with E-state index in [1.165, 1.54) is 0 Å². The number of rotatable bonds is 7. The fourth-order valence-corrected chi connectivity index (χ4v) is 3.46. The van der Waals surface area contributed by atoms with Crippen molar-refractivity contribution >= 4 is 21.6 Å². The fraction of sp³-hybridized carbons (Fsp3) is 0.182. The number of nitrogens with one attached hydrogen (secondary N) is 1. The Bertz CT molecular complexity index is 913. The molecule has 0 atom stereocenters. The maximum Gasteiger partial charge on any atom is 0.141 e. The van der Waals surface area contributed by atoms with Crippen LogP contribution in [0.15, 0.2) is 65.1 Å². The van der Waals surface area contributed by atoms with E-state index >= 15 is 0 Å². The summed E-state index contributed by atoms with van der Waals surface area (Å²) in [5.41, 5.74) is 4.22. The molecule has 5 heteroatoms. The topological polar surface area (TPSA) is 39.7 Å². The zero-order valence-corrected chi connectivity index (χ0v) is 17.2. The molecule has 0 amide bonds. The van der Waals surface area contributed by atoms with Gasteiger partial charge in [0.15, 0.2) is 0 Å². The highest BCUT2D eigenvalue weighted by Crippen LogP contribution is 2.35. The Morgan fingerprint density at radius 3 is 2.11 bits per heavy atom. The lowest BCUT2D eigenvalue weighted by atomic mass is 10.0. The Hall–Kier alpha value is -2.66. The van der Waals surface area contributed by atoms with Crippen molar-refractivity contribution in [2.75, 3.05) is 26.6 Å². The summed E-state index contributed by atoms with van der Waals surface area (Å²) in [6.07, 6.45) is 0. The average Bonchev–Trinajstić information content (AvgIpc) is 2.72. The number of methoxy groups -OCH3 is 3. The predicted octanol–water partition coefficient (Wildman–Crippen LogP) is 5.75. The molecule has 0 fully saturated rings. The van der Waals surface area contributed by atoms with Gasteiger partial charge in [-0.3, -0.25) is 0 Å². The van der Waals surface area contributed by atoms with Crippen molar-refractivity contribution in [3.8, 4) is 28.4 Å². The van der Waals surface area contributed by atoms with E-state index < -0.39 is 0 Å². The maximum absolute atomic E-state index is 5.52. The van der Waals surface area contributed by atoms with Crippen molar-refractivity contribution in [2.45, 2.75) is 6.54 Å². The summed E-state index contributed by atoms with van der Waals surface area (Å²) in [4.78, 5) is 0. The molecule has 1 N–H and O–H groups in total. The monoisotopic (exact) mass is 427 g/mol. The molecule has 0 bridgehead atoms. The summed E-state index contributed by atoms with van der Waals surface area (Å²) in [6.45, 7) is 0.584. The molecule has 0 radical (unpaired) electrons. The standard InChI is InChI=1S/C22H22BrNO3/c1-25-20-10-9-16(15-7-5-4-6-8-15)12-19(20)24-14-17-11-18(23)22(27-3)13-21(17)26-2/h4-13,24H,14H2,1-3H3. The first kappa shape index (κ1) is 19.1. The summed E-state index contributed by atoms with van der Waals surface area (Å²) < 4.78 is 17.2. The van der Waals surface area contributed by atoms with Gasteiger partial charge < -0.3 is 19.5 Å². The lowest BCUT2D eigenvalue weighted by Gasteiger charge is -2.16. The van der Waals surface area contributed by atoms with E-state index in [9.17, 15) is 0 Å². The van der Waals surface area contributed by atoms with Gasteiger partial charge in [0.05, 0.1) is 31.5 Å². The second-order valence-electron chi connectivity index (χ2n) is 5.93. The molecule has 27 heavy (non-hydrogen) atoms. The molecule has 140 valence electrons. The van der Waals surface area contributed by atoms with E-state index in [0.29, 0.717) is 6.54 Å². The molecule has 3 rings (SSSR count). The van der Waals surface area contributed by atoms with Crippen LogP contribution in [0.2, 0.25) is 0 Å². The van der Waals surface area contributed by atoms with Crippen molar-refractivity contribution in [3.05, 3.63) is 70.7 Å². The predicted molar refractivity (Wildman–Crippen MR) is 113 cm³/mol. The average molecular weight is 428 g/mol. The van der Waals surface area contributed by atoms with Crippen LogP contribution in [-0.2, 0) is 6.54 Å². The lowest BCUT2D eigenvalue weighted by Crippen LogP contribution is -2.04. The minimum absolute atomic E-state index is 0.584. The molecular formula is C22H22BrNO3. The van der Waals surface area contributed by atoms with E-state index in [2.05, 4.69) is 45.5 Å². The highest BCUT2D eigenvalue weighted by atomic mass is 79.9. The Morgan fingerprint density at radius 2 is 1.44 bits per heavy atom. The van der Waals surface area contributed by atoms with Gasteiger partial charge >= 0.3 is 0 Å². The van der Waals surface area contributed by atoms with Crippen molar-refractivity contribution in [3.63, 3.8) is 0 Å². The van der Waals surface area contributed by atoms with Gasteiger partial charge in [-0.1, -0.05) is 36.4 Å². The van der Waals surface area contributed by atoms with E-state index in [4.69, 9.17) is 14.2 Å². The number of benzene rings is 3. The molecule has 0 aliphatic heterocycles. The van der Waals surface area contributed by atoms with Gasteiger partial charge in [-0.2, -0.15) is 0 Å². The van der Waals surface area contributed by atoms with Crippen LogP contribution in [-0.4, -0.2) is 21.3 Å². The van der Waals surface area contributed by atoms with Crippen molar-refractivity contribution in [1.82, 2.24) is 0 Å². The number of hydrogen-bond donors (Lipinski definition) is 1. The SMILES string of the molecule is COc1cc(OC)c(CNc2cc(-c3ccccc3)ccc2OC)cc1Br. The Morgan fingerprint density at radius 1 is 0.741 bits per heavy atom. The molecule has 0 heterocycles. The van der Waals surface area contributed by atoms with Crippen molar-refractivity contribution in [2.24, 2.45) is 0 Å². The largest absolute Gasteiger partial charge is 0.496 e. The summed E-state index contributed by atoms with van der Waals surface area (Å²) in [5.74, 6) is 2.29. The molecule has 0 saturated carbocycles. The third-order valence-electron chi connectivity index (χ3n) is 4.33. The number of hydrogen-bond acceptors (Lipinski definition) is 4.